The van der Waals surface area contributed by atoms with Crippen LogP contribution in [0, 0.1) is 0 Å². The van der Waals surface area contributed by atoms with Gasteiger partial charge in [0.25, 0.3) is 0 Å². The zero-order chi connectivity index (χ0) is 18.1. The molecule has 2 N–H and O–H groups in total. The highest BCUT2D eigenvalue weighted by molar-refractivity contribution is 5.90. The predicted octanol–water partition coefficient (Wildman–Crippen LogP) is 2.83. The first kappa shape index (κ1) is 18.6. The molecule has 0 saturated heterocycles. The van der Waals surface area contributed by atoms with Gasteiger partial charge in [0, 0.05) is 25.2 Å². The minimum Gasteiger partial charge on any atom is -0.497 e. The van der Waals surface area contributed by atoms with Crippen molar-refractivity contribution in [2.45, 2.75) is 13.0 Å². The fourth-order valence-corrected chi connectivity index (χ4v) is 2.32. The van der Waals surface area contributed by atoms with E-state index in [1.807, 2.05) is 42.5 Å². The first-order valence-electron chi connectivity index (χ1n) is 8.01. The Bertz CT molecular complexity index is 686. The summed E-state index contributed by atoms with van der Waals surface area (Å²) in [7, 11) is 4.83. The molecule has 0 bridgehead atoms. The first-order valence-corrected chi connectivity index (χ1v) is 8.01. The summed E-state index contributed by atoms with van der Waals surface area (Å²) in [5, 5.41) is 6.10. The molecule has 0 spiro atoms. The quantitative estimate of drug-likeness (QED) is 0.685. The van der Waals surface area contributed by atoms with Crippen molar-refractivity contribution in [1.29, 1.82) is 0 Å². The second-order valence-electron chi connectivity index (χ2n) is 5.39. The van der Waals surface area contributed by atoms with Crippen molar-refractivity contribution in [2.24, 2.45) is 0 Å². The Morgan fingerprint density at radius 2 is 1.64 bits per heavy atom. The van der Waals surface area contributed by atoms with E-state index in [1.165, 1.54) is 0 Å². The number of hydrogen-bond donors (Lipinski definition) is 2. The molecule has 0 aliphatic heterocycles. The van der Waals surface area contributed by atoms with Gasteiger partial charge in [0.1, 0.15) is 5.75 Å². The summed E-state index contributed by atoms with van der Waals surface area (Å²) in [5.41, 5.74) is 1.82. The van der Waals surface area contributed by atoms with E-state index in [0.29, 0.717) is 31.0 Å². The van der Waals surface area contributed by atoms with Gasteiger partial charge in [-0.05, 0) is 42.0 Å². The highest BCUT2D eigenvalue weighted by Gasteiger charge is 2.05. The Hall–Kier alpha value is -2.73. The number of nitrogens with one attached hydrogen (secondary N) is 2. The van der Waals surface area contributed by atoms with Crippen LogP contribution >= 0.6 is 0 Å². The van der Waals surface area contributed by atoms with Gasteiger partial charge in [-0.2, -0.15) is 0 Å². The van der Waals surface area contributed by atoms with Crippen LogP contribution in [0.4, 0.5) is 5.69 Å². The molecule has 0 aromatic heterocycles. The lowest BCUT2D eigenvalue weighted by atomic mass is 10.2. The number of carbonyl (C=O) groups excluding carboxylic acids is 1. The number of anilines is 1. The predicted molar refractivity (Wildman–Crippen MR) is 97.5 cm³/mol. The maximum atomic E-state index is 11.9. The fraction of sp³-hybridized carbons (Fsp3) is 0.316. The van der Waals surface area contributed by atoms with E-state index in [-0.39, 0.29) is 5.91 Å². The summed E-state index contributed by atoms with van der Waals surface area (Å²) >= 11 is 0. The van der Waals surface area contributed by atoms with Gasteiger partial charge >= 0.3 is 0 Å². The van der Waals surface area contributed by atoms with Gasteiger partial charge in [-0.25, -0.2) is 0 Å². The number of carbonyl (C=O) groups is 1. The van der Waals surface area contributed by atoms with Crippen molar-refractivity contribution in [3.63, 3.8) is 0 Å². The summed E-state index contributed by atoms with van der Waals surface area (Å²) in [5.74, 6) is 2.11. The molecule has 25 heavy (non-hydrogen) atoms. The molecule has 6 nitrogen and oxygen atoms in total. The Morgan fingerprint density at radius 3 is 2.28 bits per heavy atom. The summed E-state index contributed by atoms with van der Waals surface area (Å²) in [6.45, 7) is 1.23. The Balaban J connectivity index is 1.74. The maximum Gasteiger partial charge on any atom is 0.225 e. The molecular formula is C19H24N2O4. The van der Waals surface area contributed by atoms with Crippen LogP contribution in [0.15, 0.2) is 42.5 Å². The second-order valence-corrected chi connectivity index (χ2v) is 5.39. The van der Waals surface area contributed by atoms with Crippen molar-refractivity contribution in [1.82, 2.24) is 5.32 Å². The minimum atomic E-state index is -0.0371. The fourth-order valence-electron chi connectivity index (χ4n) is 2.32. The zero-order valence-electron chi connectivity index (χ0n) is 14.8. The number of hydrogen-bond acceptors (Lipinski definition) is 5. The summed E-state index contributed by atoms with van der Waals surface area (Å²) in [6.07, 6.45) is 0.388. The molecule has 0 unspecified atom stereocenters. The Morgan fingerprint density at radius 1 is 0.920 bits per heavy atom. The van der Waals surface area contributed by atoms with E-state index in [1.54, 1.807) is 21.3 Å². The standard InChI is InChI=1S/C19H24N2O4/c1-23-16-7-5-15(6-8-16)21-19(22)10-11-20-13-14-4-9-17(24-2)18(12-14)25-3/h4-9,12,20H,10-11,13H2,1-3H3,(H,21,22). The van der Waals surface area contributed by atoms with E-state index in [0.717, 1.165) is 17.0 Å². The Kier molecular flexibility index (Phi) is 7.10. The molecule has 2 aromatic rings. The maximum absolute atomic E-state index is 11.9. The van der Waals surface area contributed by atoms with Crippen molar-refractivity contribution >= 4 is 11.6 Å². The molecule has 134 valence electrons. The summed E-state index contributed by atoms with van der Waals surface area (Å²) < 4.78 is 15.6. The van der Waals surface area contributed by atoms with Gasteiger partial charge < -0.3 is 24.8 Å². The van der Waals surface area contributed by atoms with Crippen LogP contribution < -0.4 is 24.8 Å². The molecular weight excluding hydrogens is 320 g/mol. The van der Waals surface area contributed by atoms with Gasteiger partial charge in [-0.1, -0.05) is 6.07 Å². The molecule has 2 aromatic carbocycles. The van der Waals surface area contributed by atoms with Crippen LogP contribution in [0.5, 0.6) is 17.2 Å². The average Bonchev–Trinajstić information content (AvgIpc) is 2.65. The van der Waals surface area contributed by atoms with E-state index < -0.39 is 0 Å². The summed E-state index contributed by atoms with van der Waals surface area (Å²) in [6, 6.07) is 13.0. The van der Waals surface area contributed by atoms with Crippen LogP contribution in [-0.4, -0.2) is 33.8 Å². The third-order valence-electron chi connectivity index (χ3n) is 3.68. The van der Waals surface area contributed by atoms with Crippen LogP contribution in [0.3, 0.4) is 0 Å². The largest absolute Gasteiger partial charge is 0.497 e. The molecule has 6 heteroatoms. The lowest BCUT2D eigenvalue weighted by Gasteiger charge is -2.10. The monoisotopic (exact) mass is 344 g/mol. The number of ether oxygens (including phenoxy) is 3. The molecule has 0 atom stereocenters. The van der Waals surface area contributed by atoms with Crippen molar-refractivity contribution < 1.29 is 19.0 Å². The Labute approximate surface area is 148 Å². The summed E-state index contributed by atoms with van der Waals surface area (Å²) in [4.78, 5) is 11.9. The second kappa shape index (κ2) is 9.54. The van der Waals surface area contributed by atoms with E-state index >= 15 is 0 Å². The zero-order valence-corrected chi connectivity index (χ0v) is 14.8. The smallest absolute Gasteiger partial charge is 0.225 e. The molecule has 0 aliphatic rings. The number of amides is 1. The van der Waals surface area contributed by atoms with Crippen molar-refractivity contribution in [2.75, 3.05) is 33.2 Å². The van der Waals surface area contributed by atoms with Crippen LogP contribution in [0.25, 0.3) is 0 Å². The topological polar surface area (TPSA) is 68.8 Å². The van der Waals surface area contributed by atoms with E-state index in [9.17, 15) is 4.79 Å². The van der Waals surface area contributed by atoms with Crippen molar-refractivity contribution in [3.8, 4) is 17.2 Å². The molecule has 0 fully saturated rings. The van der Waals surface area contributed by atoms with Gasteiger partial charge in [-0.3, -0.25) is 4.79 Å². The first-order chi connectivity index (χ1) is 12.2. The average molecular weight is 344 g/mol. The van der Waals surface area contributed by atoms with Gasteiger partial charge in [0.15, 0.2) is 11.5 Å². The molecule has 0 heterocycles. The molecule has 2 rings (SSSR count). The number of benzene rings is 2. The van der Waals surface area contributed by atoms with Crippen LogP contribution in [0.2, 0.25) is 0 Å². The van der Waals surface area contributed by atoms with Crippen molar-refractivity contribution in [3.05, 3.63) is 48.0 Å². The minimum absolute atomic E-state index is 0.0371. The normalized spacial score (nSPS) is 10.2. The molecule has 0 radical (unpaired) electrons. The molecule has 0 saturated carbocycles. The van der Waals surface area contributed by atoms with E-state index in [2.05, 4.69) is 10.6 Å². The van der Waals surface area contributed by atoms with Gasteiger partial charge in [0.2, 0.25) is 5.91 Å². The molecule has 0 aliphatic carbocycles. The highest BCUT2D eigenvalue weighted by atomic mass is 16.5. The van der Waals surface area contributed by atoms with Crippen LogP contribution in [-0.2, 0) is 11.3 Å². The molecule has 1 amide bonds. The number of rotatable bonds is 9. The number of methoxy groups -OCH3 is 3. The third kappa shape index (κ3) is 5.69. The lowest BCUT2D eigenvalue weighted by molar-refractivity contribution is -0.116. The van der Waals surface area contributed by atoms with Crippen LogP contribution in [0.1, 0.15) is 12.0 Å². The SMILES string of the molecule is COc1ccc(NC(=O)CCNCc2ccc(OC)c(OC)c2)cc1. The third-order valence-corrected chi connectivity index (χ3v) is 3.68. The van der Waals surface area contributed by atoms with Gasteiger partial charge in [0.05, 0.1) is 21.3 Å². The van der Waals surface area contributed by atoms with E-state index in [4.69, 9.17) is 14.2 Å². The lowest BCUT2D eigenvalue weighted by Crippen LogP contribution is -2.21. The van der Waals surface area contributed by atoms with Gasteiger partial charge in [-0.15, -0.1) is 0 Å². The highest BCUT2D eigenvalue weighted by Crippen LogP contribution is 2.27.